The minimum atomic E-state index is -0.452. The van der Waals surface area contributed by atoms with Crippen molar-refractivity contribution in [2.24, 2.45) is 7.05 Å². The highest BCUT2D eigenvalue weighted by molar-refractivity contribution is 5.80. The van der Waals surface area contributed by atoms with E-state index in [0.29, 0.717) is 22.5 Å². The number of aromatic nitrogens is 4. The summed E-state index contributed by atoms with van der Waals surface area (Å²) in [5.41, 5.74) is 2.33. The summed E-state index contributed by atoms with van der Waals surface area (Å²) in [7, 11) is 3.48. The van der Waals surface area contributed by atoms with Crippen LogP contribution in [0.25, 0.3) is 10.9 Å². The van der Waals surface area contributed by atoms with Crippen LogP contribution in [0.4, 0.5) is 0 Å². The topological polar surface area (TPSA) is 91.0 Å². The van der Waals surface area contributed by atoms with Gasteiger partial charge in [-0.3, -0.25) is 14.2 Å². The van der Waals surface area contributed by atoms with Gasteiger partial charge in [0.25, 0.3) is 5.56 Å². The van der Waals surface area contributed by atoms with Crippen LogP contribution in [0.1, 0.15) is 29.4 Å². The summed E-state index contributed by atoms with van der Waals surface area (Å²) in [6, 6.07) is 12.6. The number of imidazole rings is 1. The molecule has 8 nitrogen and oxygen atoms in total. The zero-order valence-electron chi connectivity index (χ0n) is 18.3. The quantitative estimate of drug-likeness (QED) is 0.486. The lowest BCUT2D eigenvalue weighted by Crippen LogP contribution is -2.32. The number of rotatable bonds is 7. The number of ether oxygens (including phenoxy) is 1. The molecular weight excluding hydrogens is 406 g/mol. The number of amides is 1. The largest absolute Gasteiger partial charge is 0.497 e. The van der Waals surface area contributed by atoms with Gasteiger partial charge in [0.15, 0.2) is 0 Å². The molecule has 0 radical (unpaired) electrons. The molecule has 0 fully saturated rings. The predicted molar refractivity (Wildman–Crippen MR) is 122 cm³/mol. The lowest BCUT2D eigenvalue weighted by molar-refractivity contribution is -0.121. The van der Waals surface area contributed by atoms with Crippen LogP contribution in [0.2, 0.25) is 0 Å². The van der Waals surface area contributed by atoms with Crippen LogP contribution in [0.15, 0.2) is 66.0 Å². The highest BCUT2D eigenvalue weighted by Gasteiger charge is 2.21. The van der Waals surface area contributed by atoms with Crippen molar-refractivity contribution in [1.29, 1.82) is 0 Å². The van der Waals surface area contributed by atoms with Crippen molar-refractivity contribution < 1.29 is 9.53 Å². The molecule has 0 aliphatic heterocycles. The van der Waals surface area contributed by atoms with Gasteiger partial charge in [-0.05, 0) is 36.2 Å². The molecule has 1 N–H and O–H groups in total. The van der Waals surface area contributed by atoms with Crippen molar-refractivity contribution in [3.63, 3.8) is 0 Å². The number of aryl methyl sites for hydroxylation is 3. The van der Waals surface area contributed by atoms with Crippen molar-refractivity contribution >= 4 is 16.8 Å². The first-order valence-electron chi connectivity index (χ1n) is 10.3. The minimum absolute atomic E-state index is 0.129. The Morgan fingerprint density at radius 2 is 2.00 bits per heavy atom. The third-order valence-corrected chi connectivity index (χ3v) is 5.48. The first-order chi connectivity index (χ1) is 15.5. The Kier molecular flexibility index (Phi) is 6.02. The molecule has 1 amide bonds. The maximum absolute atomic E-state index is 12.9. The highest BCUT2D eigenvalue weighted by Crippen LogP contribution is 2.24. The van der Waals surface area contributed by atoms with E-state index in [4.69, 9.17) is 4.74 Å². The van der Waals surface area contributed by atoms with Gasteiger partial charge in [0, 0.05) is 32.4 Å². The van der Waals surface area contributed by atoms with E-state index < -0.39 is 6.04 Å². The van der Waals surface area contributed by atoms with Crippen molar-refractivity contribution in [3.05, 3.63) is 88.5 Å². The fourth-order valence-corrected chi connectivity index (χ4v) is 3.73. The van der Waals surface area contributed by atoms with Crippen LogP contribution in [0.3, 0.4) is 0 Å². The van der Waals surface area contributed by atoms with Crippen LogP contribution in [-0.2, 0) is 18.4 Å². The molecular formula is C24H25N5O3. The van der Waals surface area contributed by atoms with E-state index in [1.165, 1.54) is 10.9 Å². The molecule has 0 spiro atoms. The molecule has 2 heterocycles. The summed E-state index contributed by atoms with van der Waals surface area (Å²) in [5, 5.41) is 3.60. The molecule has 164 valence electrons. The van der Waals surface area contributed by atoms with Crippen LogP contribution < -0.4 is 15.6 Å². The van der Waals surface area contributed by atoms with Crippen LogP contribution >= 0.6 is 0 Å². The van der Waals surface area contributed by atoms with Gasteiger partial charge in [-0.25, -0.2) is 9.97 Å². The fourth-order valence-electron chi connectivity index (χ4n) is 3.73. The minimum Gasteiger partial charge on any atom is -0.497 e. The first kappa shape index (κ1) is 21.3. The van der Waals surface area contributed by atoms with E-state index in [-0.39, 0.29) is 24.4 Å². The van der Waals surface area contributed by atoms with Gasteiger partial charge in [-0.2, -0.15) is 0 Å². The highest BCUT2D eigenvalue weighted by atomic mass is 16.5. The van der Waals surface area contributed by atoms with Gasteiger partial charge >= 0.3 is 0 Å². The van der Waals surface area contributed by atoms with Gasteiger partial charge in [-0.15, -0.1) is 0 Å². The van der Waals surface area contributed by atoms with Crippen molar-refractivity contribution in [2.75, 3.05) is 7.11 Å². The lowest BCUT2D eigenvalue weighted by Gasteiger charge is -2.20. The lowest BCUT2D eigenvalue weighted by atomic mass is 10.1. The third-order valence-electron chi connectivity index (χ3n) is 5.48. The van der Waals surface area contributed by atoms with Crippen LogP contribution in [0.5, 0.6) is 5.75 Å². The molecule has 0 saturated carbocycles. The third kappa shape index (κ3) is 4.25. The second kappa shape index (κ2) is 9.05. The smallest absolute Gasteiger partial charge is 0.261 e. The van der Waals surface area contributed by atoms with Crippen molar-refractivity contribution in [1.82, 2.24) is 24.4 Å². The number of carbonyl (C=O) groups is 1. The van der Waals surface area contributed by atoms with Gasteiger partial charge in [0.1, 0.15) is 17.6 Å². The molecule has 4 aromatic rings. The van der Waals surface area contributed by atoms with E-state index in [9.17, 15) is 9.59 Å². The number of methoxy groups -OCH3 is 1. The SMILES string of the molecule is COc1cccc(C(NC(=O)CCn2cnc3c(C)cccc3c2=O)c2nccn2C)c1. The Bertz CT molecular complexity index is 1320. The molecule has 32 heavy (non-hydrogen) atoms. The maximum atomic E-state index is 12.9. The maximum Gasteiger partial charge on any atom is 0.261 e. The summed E-state index contributed by atoms with van der Waals surface area (Å²) >= 11 is 0. The Hall–Kier alpha value is -3.94. The monoisotopic (exact) mass is 431 g/mol. The molecule has 4 rings (SSSR count). The van der Waals surface area contributed by atoms with Gasteiger partial charge < -0.3 is 14.6 Å². The Labute approximate surface area is 185 Å². The molecule has 1 unspecified atom stereocenters. The van der Waals surface area contributed by atoms with Crippen molar-refractivity contribution in [2.45, 2.75) is 25.9 Å². The molecule has 2 aromatic carbocycles. The average Bonchev–Trinajstić information content (AvgIpc) is 3.23. The number of carbonyl (C=O) groups excluding carboxylic acids is 1. The van der Waals surface area contributed by atoms with E-state index in [0.717, 1.165) is 11.1 Å². The number of nitrogens with one attached hydrogen (secondary N) is 1. The first-order valence-corrected chi connectivity index (χ1v) is 10.3. The van der Waals surface area contributed by atoms with E-state index in [2.05, 4.69) is 15.3 Å². The summed E-state index contributed by atoms with van der Waals surface area (Å²) in [4.78, 5) is 34.5. The summed E-state index contributed by atoms with van der Waals surface area (Å²) < 4.78 is 8.68. The molecule has 0 saturated heterocycles. The number of hydrogen-bond donors (Lipinski definition) is 1. The zero-order valence-corrected chi connectivity index (χ0v) is 18.3. The summed E-state index contributed by atoms with van der Waals surface area (Å²) in [6.07, 6.45) is 5.15. The second-order valence-corrected chi connectivity index (χ2v) is 7.64. The van der Waals surface area contributed by atoms with Gasteiger partial charge in [-0.1, -0.05) is 24.3 Å². The Morgan fingerprint density at radius 3 is 2.75 bits per heavy atom. The summed E-state index contributed by atoms with van der Waals surface area (Å²) in [6.45, 7) is 2.15. The number of nitrogens with zero attached hydrogens (tertiary/aromatic N) is 4. The van der Waals surface area contributed by atoms with Crippen LogP contribution in [-0.4, -0.2) is 32.1 Å². The number of fused-ring (bicyclic) bond motifs is 1. The van der Waals surface area contributed by atoms with E-state index >= 15 is 0 Å². The standard InChI is InChI=1S/C24H25N5O3/c1-16-6-4-9-19-21(16)26-15-29(24(19)31)12-10-20(30)27-22(23-25-11-13-28(23)2)17-7-5-8-18(14-17)32-3/h4-9,11,13-15,22H,10,12H2,1-3H3,(H,27,30). The molecule has 0 aliphatic rings. The second-order valence-electron chi connectivity index (χ2n) is 7.64. The van der Waals surface area contributed by atoms with E-state index in [1.54, 1.807) is 19.4 Å². The molecule has 8 heteroatoms. The van der Waals surface area contributed by atoms with Gasteiger partial charge in [0.2, 0.25) is 5.91 Å². The average molecular weight is 431 g/mol. The van der Waals surface area contributed by atoms with Gasteiger partial charge in [0.05, 0.1) is 24.3 Å². The van der Waals surface area contributed by atoms with E-state index in [1.807, 2.05) is 61.1 Å². The molecule has 1 atom stereocenters. The zero-order chi connectivity index (χ0) is 22.7. The Balaban J connectivity index is 1.54. The number of benzene rings is 2. The number of hydrogen-bond acceptors (Lipinski definition) is 5. The Morgan fingerprint density at radius 1 is 1.19 bits per heavy atom. The van der Waals surface area contributed by atoms with Crippen LogP contribution in [0, 0.1) is 6.92 Å². The normalized spacial score (nSPS) is 12.0. The fraction of sp³-hybridized carbons (Fsp3) is 0.250. The predicted octanol–water partition coefficient (Wildman–Crippen LogP) is 2.74. The summed E-state index contributed by atoms with van der Waals surface area (Å²) in [5.74, 6) is 1.20. The molecule has 2 aromatic heterocycles. The molecule has 0 bridgehead atoms. The van der Waals surface area contributed by atoms with Crippen molar-refractivity contribution in [3.8, 4) is 5.75 Å². The molecule has 0 aliphatic carbocycles. The number of para-hydroxylation sites is 1.